The number of phenols is 2. The van der Waals surface area contributed by atoms with Gasteiger partial charge in [-0.15, -0.1) is 0 Å². The van der Waals surface area contributed by atoms with Crippen LogP contribution in [-0.4, -0.2) is 234 Å². The van der Waals surface area contributed by atoms with E-state index in [1.165, 1.54) is 86.8 Å². The molecule has 130 heavy (non-hydrogen) atoms. The summed E-state index contributed by atoms with van der Waals surface area (Å²) in [7, 11) is 4.98. The van der Waals surface area contributed by atoms with Crippen LogP contribution in [0.2, 0.25) is 5.02 Å². The van der Waals surface area contributed by atoms with Gasteiger partial charge in [0.05, 0.1) is 29.2 Å². The summed E-state index contributed by atoms with van der Waals surface area (Å²) in [6, 6.07) is 6.32. The van der Waals surface area contributed by atoms with Crippen molar-refractivity contribution in [3.63, 3.8) is 0 Å². The number of amides is 8. The Kier molecular flexibility index (Phi) is 30.5. The molecule has 18 atom stereocenters. The predicted octanol–water partition coefficient (Wildman–Crippen LogP) is 4.50. The first-order valence-electron chi connectivity index (χ1n) is 42.4. The van der Waals surface area contributed by atoms with Gasteiger partial charge in [0.2, 0.25) is 65.6 Å². The van der Waals surface area contributed by atoms with Crippen LogP contribution in [0.3, 0.4) is 0 Å². The molecule has 8 heterocycles. The van der Waals surface area contributed by atoms with E-state index in [4.69, 9.17) is 56.4 Å². The van der Waals surface area contributed by atoms with E-state index in [0.29, 0.717) is 37.3 Å². The molecule has 0 radical (unpaired) electrons. The fraction of sp³-hybridized carbons (Fsp3) is 0.433. The average Bonchev–Trinajstić information content (AvgIpc) is 0.758. The van der Waals surface area contributed by atoms with Crippen molar-refractivity contribution in [1.29, 1.82) is 0 Å². The van der Waals surface area contributed by atoms with E-state index >= 15 is 28.8 Å². The number of carboxylic acids is 1. The summed E-state index contributed by atoms with van der Waals surface area (Å²) >= 11 is 14.5. The molecule has 15 rings (SSSR count). The maximum Gasteiger partial charge on any atom is 0.336 e. The molecule has 1 saturated heterocycles. The van der Waals surface area contributed by atoms with Crippen LogP contribution in [0.15, 0.2) is 137 Å². The first kappa shape index (κ1) is 95.7. The Morgan fingerprint density at radius 2 is 1.29 bits per heavy atom. The second-order valence-corrected chi connectivity index (χ2v) is 34.2. The predicted molar refractivity (Wildman–Crippen MR) is 461 cm³/mol. The monoisotopic (exact) mass is 1840 g/mol. The van der Waals surface area contributed by atoms with Crippen LogP contribution in [0, 0.1) is 11.8 Å². The minimum atomic E-state index is -2.44. The Hall–Kier alpha value is -11.9. The number of carbonyl (C=O) groups excluding carboxylic acids is 8. The zero-order chi connectivity index (χ0) is 93.5. The molecule has 17 bridgehead atoms. The molecule has 0 aromatic heterocycles. The number of halogens is 2. The average molecular weight is 1840 g/mol. The number of phenolic OH excluding ortho intramolecular Hbond substituents is 2. The van der Waals surface area contributed by atoms with Gasteiger partial charge < -0.3 is 147 Å². The van der Waals surface area contributed by atoms with E-state index in [1.807, 2.05) is 4.90 Å². The molecule has 5 unspecified atom stereocenters. The molecule has 1 fully saturated rings. The van der Waals surface area contributed by atoms with Crippen LogP contribution < -0.4 is 71.5 Å². The van der Waals surface area contributed by atoms with Crippen molar-refractivity contribution in [3.05, 3.63) is 181 Å². The summed E-state index contributed by atoms with van der Waals surface area (Å²) in [5.74, 6) is -18.3. The number of unbranched alkanes of at least 4 members (excludes halogenated alkanes) is 5. The normalized spacial score (nSPS) is 26.4. The van der Waals surface area contributed by atoms with Gasteiger partial charge in [-0.25, -0.2) is 4.79 Å². The molecule has 38 nitrogen and oxygen atoms in total. The fourth-order valence-corrected chi connectivity index (χ4v) is 16.8. The molecule has 1 aliphatic carbocycles. The van der Waals surface area contributed by atoms with E-state index in [0.717, 1.165) is 68.5 Å². The smallest absolute Gasteiger partial charge is 0.336 e. The largest absolute Gasteiger partial charge is 0.510 e. The second-order valence-electron chi connectivity index (χ2n) is 33.4. The third-order valence-corrected chi connectivity index (χ3v) is 24.1. The highest BCUT2D eigenvalue weighted by Gasteiger charge is 2.49. The molecule has 9 aliphatic rings. The lowest BCUT2D eigenvalue weighted by Crippen LogP contribution is -2.60. The number of aliphatic hydroxyl groups excluding tert-OH is 9. The Morgan fingerprint density at radius 3 is 1.98 bits per heavy atom. The lowest BCUT2D eigenvalue weighted by molar-refractivity contribution is -0.277. The van der Waals surface area contributed by atoms with Gasteiger partial charge in [-0.05, 0) is 158 Å². The molecular formula is C90H104Cl2N10O28. The highest BCUT2D eigenvalue weighted by molar-refractivity contribution is 6.33. The van der Waals surface area contributed by atoms with Gasteiger partial charge in [-0.1, -0.05) is 119 Å². The van der Waals surface area contributed by atoms with E-state index in [-0.39, 0.29) is 57.8 Å². The molecule has 696 valence electrons. The number of hydrogen-bond acceptors (Lipinski definition) is 29. The number of benzene rings is 6. The van der Waals surface area contributed by atoms with Crippen molar-refractivity contribution < 1.29 is 138 Å². The van der Waals surface area contributed by atoms with Crippen LogP contribution in [0.25, 0.3) is 11.1 Å². The summed E-state index contributed by atoms with van der Waals surface area (Å²) in [5.41, 5.74) is -2.95. The summed E-state index contributed by atoms with van der Waals surface area (Å²) in [6.45, 7) is 4.17. The van der Waals surface area contributed by atoms with Gasteiger partial charge in [0.15, 0.2) is 29.1 Å². The van der Waals surface area contributed by atoms with E-state index < -0.39 is 267 Å². The Bertz CT molecular complexity index is 5400. The summed E-state index contributed by atoms with van der Waals surface area (Å²) in [4.78, 5) is 141. The van der Waals surface area contributed by atoms with Crippen LogP contribution in [-0.2, 0) is 65.7 Å². The molecule has 8 amide bonds. The number of aliphatic hydroxyl groups is 9. The number of aliphatic carboxylic acids is 1. The molecular weight excluding hydrogens is 1740 g/mol. The lowest BCUT2D eigenvalue weighted by atomic mass is 9.87. The van der Waals surface area contributed by atoms with Crippen LogP contribution in [0.5, 0.6) is 51.7 Å². The molecule has 40 heteroatoms. The number of nitrogens with one attached hydrogen (secondary N) is 9. The number of nitrogens with zero attached hydrogens (tertiary/aromatic N) is 1. The minimum absolute atomic E-state index is 0.0842. The Balaban J connectivity index is 1.05. The number of rotatable bonds is 23. The number of likely N-dealkylation sites (N-methyl/N-ethyl adjacent to an activating group) is 1. The van der Waals surface area contributed by atoms with Gasteiger partial charge in [0.25, 0.3) is 0 Å². The second kappa shape index (κ2) is 41.5. The first-order valence-corrected chi connectivity index (χ1v) is 43.2. The van der Waals surface area contributed by atoms with Gasteiger partial charge in [-0.2, -0.15) is 0 Å². The van der Waals surface area contributed by atoms with E-state index in [1.54, 1.807) is 14.1 Å². The lowest BCUT2D eigenvalue weighted by Gasteiger charge is -2.40. The number of carbonyl (C=O) groups is 9. The standard InChI is InChI=1S/C90H104Cl2N10O28/c1-39(2)14-11-9-7-8-10-12-15-62(107)96-71-75(111)77(113)80(88(122)123)130-89(71)129-79-59-32-46-33-60(79)125-55-25-21-44(30-52(55)91)73(109)70-87(121)100-68(82(116)94-26-13-27-102(5)6)50-34-47(105)35-58(127-90-78(114)76(112)74(110)61(38-104)128-90)63(50)49-29-42(18-19-45(49)37-103)66(84(118)101-70)97-85(119)67(46)98-86(120)69-51-36-56(40(3)72(108)64(51)92)126-57-31-43(20-24-54(57)106)65(93-4)83(117)95-53(81(115)99-69)28-41-16-22-48(124-59)23-17-41/h16-25,29-36,39-40,53,56,61,65-70,73-74,76-78,80,89-90,93,103-106,108-114H,7-15,26-28,37-38H2,1-6H3,(H,94,116)(H,95,117)(H,96,107)(H,97,119)(H,98,120)(H,99,115)(H,100,121)(H,101,118)(H,122,123)/t40?,53-,56?,61?,65-,66-,67-,68+,69+,70+,73-,74-,76?,77+,78-,80?,89-,90+/m1/s1. The number of hydrogen-bond donors (Lipinski definition) is 21. The molecule has 6 aromatic carbocycles. The van der Waals surface area contributed by atoms with Crippen molar-refractivity contribution in [2.45, 2.75) is 195 Å². The minimum Gasteiger partial charge on any atom is -0.510 e. The van der Waals surface area contributed by atoms with Crippen molar-refractivity contribution in [2.75, 3.05) is 40.8 Å². The third-order valence-electron chi connectivity index (χ3n) is 23.4. The van der Waals surface area contributed by atoms with Gasteiger partial charge in [0, 0.05) is 36.6 Å². The summed E-state index contributed by atoms with van der Waals surface area (Å²) in [6.07, 6.45) is -14.1. The quantitative estimate of drug-likeness (QED) is 0.0392. The Labute approximate surface area is 754 Å². The highest BCUT2D eigenvalue weighted by Crippen LogP contribution is 2.50. The zero-order valence-electron chi connectivity index (χ0n) is 71.4. The molecule has 6 aromatic rings. The Morgan fingerprint density at radius 1 is 0.631 bits per heavy atom. The van der Waals surface area contributed by atoms with Crippen molar-refractivity contribution in [1.82, 2.24) is 52.8 Å². The van der Waals surface area contributed by atoms with E-state index in [9.17, 15) is 75.7 Å². The topological polar surface area (TPSA) is 573 Å². The van der Waals surface area contributed by atoms with Crippen LogP contribution in [0.4, 0.5) is 0 Å². The van der Waals surface area contributed by atoms with Crippen LogP contribution >= 0.6 is 23.2 Å². The molecule has 0 spiro atoms. The zero-order valence-corrected chi connectivity index (χ0v) is 72.9. The number of carboxylic acid groups (broad SMARTS) is 1. The van der Waals surface area contributed by atoms with Crippen LogP contribution in [0.1, 0.15) is 148 Å². The van der Waals surface area contributed by atoms with Crippen molar-refractivity contribution in [3.8, 4) is 62.9 Å². The first-order chi connectivity index (χ1) is 62.0. The van der Waals surface area contributed by atoms with Gasteiger partial charge >= 0.3 is 5.97 Å². The maximum absolute atomic E-state index is 16.9. The van der Waals surface area contributed by atoms with Gasteiger partial charge in [0.1, 0.15) is 125 Å². The SMILES string of the molecule is CN[C@H]1C(=O)N[C@@H]2Cc3ccc(cc3)Oc3cc4cc(c3O[C@@H]3OC(C(=O)O)[C@@H](O)C(O)=C3NC(=O)CCCCCCCCC(C)C)Oc3ccc(cc3Cl)[C@@H](O)[C@@H]3NC(=O)[C@H](NC(=O)[C@@H]4NC(=O)[C@@H](NC2=O)C2=CC(Oc4cc1ccc4O)C(C)C(O)=C2Cl)c1ccc(CO)c(c1)-c1c(O[C@H]2OC(CO)[C@@H](O)C(O)[C@H]2O)cc(O)cc1[C@@H](C(=O)NCCCN(C)C)NC3=O. The highest BCUT2D eigenvalue weighted by atomic mass is 35.5. The van der Waals surface area contributed by atoms with E-state index in [2.05, 4.69) is 61.7 Å². The molecule has 0 saturated carbocycles. The molecule has 8 aliphatic heterocycles. The number of ether oxygens (including phenoxy) is 7. The number of aromatic hydroxyl groups is 2. The fourth-order valence-electron chi connectivity index (χ4n) is 16.3. The summed E-state index contributed by atoms with van der Waals surface area (Å²) in [5, 5.41) is 161. The maximum atomic E-state index is 16.9. The van der Waals surface area contributed by atoms with Crippen molar-refractivity contribution in [2.24, 2.45) is 11.8 Å². The summed E-state index contributed by atoms with van der Waals surface area (Å²) < 4.78 is 44.8. The third kappa shape index (κ3) is 21.2. The van der Waals surface area contributed by atoms with Crippen molar-refractivity contribution >= 4 is 76.4 Å². The molecule has 21 N–H and O–H groups in total. The van der Waals surface area contributed by atoms with Gasteiger partial charge in [-0.3, -0.25) is 38.4 Å². The number of fused-ring (bicyclic) bond motifs is 13.